The molecule has 19 heavy (non-hydrogen) atoms. The van der Waals surface area contributed by atoms with Crippen LogP contribution in [0, 0.1) is 10.1 Å². The largest absolute Gasteiger partial charge is 0.490 e. The number of benzene rings is 1. The molecule has 0 bridgehead atoms. The van der Waals surface area contributed by atoms with Crippen molar-refractivity contribution < 1.29 is 31.6 Å². The van der Waals surface area contributed by atoms with Gasteiger partial charge >= 0.3 is 12.3 Å². The van der Waals surface area contributed by atoms with Gasteiger partial charge in [-0.2, -0.15) is 8.78 Å². The number of hydrogen-bond acceptors (Lipinski definition) is 6. The van der Waals surface area contributed by atoms with Gasteiger partial charge in [0.15, 0.2) is 0 Å². The van der Waals surface area contributed by atoms with Gasteiger partial charge in [0.25, 0.3) is 9.05 Å². The minimum atomic E-state index is -4.51. The lowest BCUT2D eigenvalue weighted by Crippen LogP contribution is -2.07. The summed E-state index contributed by atoms with van der Waals surface area (Å²) in [6, 6.07) is 1.14. The Kier molecular flexibility index (Phi) is 4.48. The van der Waals surface area contributed by atoms with Crippen LogP contribution in [-0.2, 0) is 9.05 Å². The second kappa shape index (κ2) is 5.53. The van der Waals surface area contributed by atoms with E-state index in [9.17, 15) is 27.3 Å². The van der Waals surface area contributed by atoms with Crippen molar-refractivity contribution in [2.24, 2.45) is 0 Å². The number of hydrogen-bond donors (Lipinski definition) is 0. The topological polar surface area (TPSA) is 95.7 Å². The number of nitro groups is 1. The van der Waals surface area contributed by atoms with E-state index in [1.165, 1.54) is 0 Å². The molecular formula is C8H6ClF2NO6S. The minimum Gasteiger partial charge on any atom is -0.490 e. The average Bonchev–Trinajstić information content (AvgIpc) is 2.25. The van der Waals surface area contributed by atoms with Crippen LogP contribution < -0.4 is 9.47 Å². The average molecular weight is 318 g/mol. The highest BCUT2D eigenvalue weighted by molar-refractivity contribution is 8.13. The monoisotopic (exact) mass is 317 g/mol. The first kappa shape index (κ1) is 15.4. The summed E-state index contributed by atoms with van der Waals surface area (Å²) in [4.78, 5) is 8.80. The molecule has 11 heteroatoms. The number of alkyl halides is 2. The highest BCUT2D eigenvalue weighted by atomic mass is 35.7. The molecule has 1 rings (SSSR count). The summed E-state index contributed by atoms with van der Waals surface area (Å²) in [5.41, 5.74) is -0.747. The normalized spacial score (nSPS) is 11.4. The second-order valence-corrected chi connectivity index (χ2v) is 5.58. The zero-order chi connectivity index (χ0) is 14.8. The quantitative estimate of drug-likeness (QED) is 0.469. The summed E-state index contributed by atoms with van der Waals surface area (Å²) in [6.07, 6.45) is 0. The zero-order valence-electron chi connectivity index (χ0n) is 9.17. The molecule has 0 saturated carbocycles. The molecule has 1 aromatic rings. The van der Waals surface area contributed by atoms with Gasteiger partial charge in [0.2, 0.25) is 5.75 Å². The third kappa shape index (κ3) is 3.64. The van der Waals surface area contributed by atoms with Crippen LogP contribution in [-0.4, -0.2) is 27.1 Å². The summed E-state index contributed by atoms with van der Waals surface area (Å²) in [5.74, 6) is -1.28. The van der Waals surface area contributed by atoms with Crippen molar-refractivity contribution in [3.8, 4) is 11.5 Å². The van der Waals surface area contributed by atoms with Crippen LogP contribution in [0.4, 0.5) is 14.5 Å². The van der Waals surface area contributed by atoms with E-state index < -0.39 is 42.7 Å². The number of methoxy groups -OCH3 is 1. The number of ether oxygens (including phenoxy) is 2. The van der Waals surface area contributed by atoms with Crippen molar-refractivity contribution >= 4 is 25.4 Å². The lowest BCUT2D eigenvalue weighted by molar-refractivity contribution is -0.386. The van der Waals surface area contributed by atoms with Crippen LogP contribution >= 0.6 is 10.7 Å². The second-order valence-electron chi connectivity index (χ2n) is 3.04. The fourth-order valence-corrected chi connectivity index (χ4v) is 2.18. The Morgan fingerprint density at radius 1 is 1.37 bits per heavy atom. The van der Waals surface area contributed by atoms with E-state index >= 15 is 0 Å². The fourth-order valence-electron chi connectivity index (χ4n) is 1.22. The first-order chi connectivity index (χ1) is 8.66. The number of halogens is 3. The van der Waals surface area contributed by atoms with Crippen LogP contribution in [0.25, 0.3) is 0 Å². The van der Waals surface area contributed by atoms with Gasteiger partial charge in [-0.25, -0.2) is 8.42 Å². The van der Waals surface area contributed by atoms with E-state index in [4.69, 9.17) is 10.7 Å². The lowest BCUT2D eigenvalue weighted by Gasteiger charge is -2.10. The molecule has 0 amide bonds. The van der Waals surface area contributed by atoms with Crippen molar-refractivity contribution in [1.29, 1.82) is 0 Å². The Balaban J connectivity index is 3.57. The van der Waals surface area contributed by atoms with Crippen molar-refractivity contribution in [3.05, 3.63) is 22.2 Å². The first-order valence-corrected chi connectivity index (χ1v) is 6.73. The Bertz CT molecular complexity index is 606. The summed E-state index contributed by atoms with van der Waals surface area (Å²) in [6.45, 7) is -3.33. The highest BCUT2D eigenvalue weighted by Crippen LogP contribution is 2.38. The standard InChI is InChI=1S/C8H6ClF2NO6S/c1-17-5-3-6(18-8(10)11)7(19(9,15)16)2-4(5)12(13)14/h2-3,8H,1H3. The van der Waals surface area contributed by atoms with Crippen LogP contribution in [0.15, 0.2) is 17.0 Å². The molecular weight excluding hydrogens is 312 g/mol. The van der Waals surface area contributed by atoms with E-state index in [-0.39, 0.29) is 0 Å². The maximum atomic E-state index is 12.1. The maximum absolute atomic E-state index is 12.1. The summed E-state index contributed by atoms with van der Waals surface area (Å²) >= 11 is 0. The van der Waals surface area contributed by atoms with Crippen LogP contribution in [0.1, 0.15) is 0 Å². The summed E-state index contributed by atoms with van der Waals surface area (Å²) in [5, 5.41) is 10.7. The molecule has 1 aromatic carbocycles. The molecule has 0 spiro atoms. The van der Waals surface area contributed by atoms with Gasteiger partial charge in [0.05, 0.1) is 12.0 Å². The molecule has 0 aliphatic heterocycles. The number of rotatable bonds is 5. The molecule has 0 aliphatic rings. The zero-order valence-corrected chi connectivity index (χ0v) is 10.7. The third-order valence-corrected chi connectivity index (χ3v) is 3.26. The Morgan fingerprint density at radius 3 is 2.32 bits per heavy atom. The van der Waals surface area contributed by atoms with Crippen molar-refractivity contribution in [3.63, 3.8) is 0 Å². The van der Waals surface area contributed by atoms with Crippen molar-refractivity contribution in [2.45, 2.75) is 11.5 Å². The molecule has 0 saturated heterocycles. The Labute approximate surface area is 110 Å². The molecule has 7 nitrogen and oxygen atoms in total. The SMILES string of the molecule is COc1cc(OC(F)F)c(S(=O)(=O)Cl)cc1[N+](=O)[O-]. The predicted molar refractivity (Wildman–Crippen MR) is 59.3 cm³/mol. The van der Waals surface area contributed by atoms with Crippen molar-refractivity contribution in [2.75, 3.05) is 7.11 Å². The van der Waals surface area contributed by atoms with Gasteiger partial charge in [-0.05, 0) is 0 Å². The van der Waals surface area contributed by atoms with Crippen LogP contribution in [0.3, 0.4) is 0 Å². The van der Waals surface area contributed by atoms with Gasteiger partial charge in [-0.1, -0.05) is 0 Å². The van der Waals surface area contributed by atoms with Gasteiger partial charge in [-0.3, -0.25) is 10.1 Å². The third-order valence-electron chi connectivity index (χ3n) is 1.92. The molecule has 0 unspecified atom stereocenters. The fraction of sp³-hybridized carbons (Fsp3) is 0.250. The molecule has 0 fully saturated rings. The highest BCUT2D eigenvalue weighted by Gasteiger charge is 2.27. The van der Waals surface area contributed by atoms with Crippen molar-refractivity contribution in [1.82, 2.24) is 0 Å². The van der Waals surface area contributed by atoms with E-state index in [0.717, 1.165) is 7.11 Å². The molecule has 0 radical (unpaired) electrons. The van der Waals surface area contributed by atoms with E-state index in [2.05, 4.69) is 9.47 Å². The number of nitrogens with zero attached hydrogens (tertiary/aromatic N) is 1. The number of nitro benzene ring substituents is 1. The Morgan fingerprint density at radius 2 is 1.95 bits per heavy atom. The molecule has 106 valence electrons. The smallest absolute Gasteiger partial charge is 0.387 e. The summed E-state index contributed by atoms with van der Waals surface area (Å²) < 4.78 is 55.2. The van der Waals surface area contributed by atoms with E-state index in [1.54, 1.807) is 0 Å². The first-order valence-electron chi connectivity index (χ1n) is 4.42. The van der Waals surface area contributed by atoms with Gasteiger partial charge in [0.1, 0.15) is 10.6 Å². The minimum absolute atomic E-state index is 0.440. The molecule has 0 aromatic heterocycles. The summed E-state index contributed by atoms with van der Waals surface area (Å²) in [7, 11) is 1.54. The molecule has 0 N–H and O–H groups in total. The molecule has 0 aliphatic carbocycles. The van der Waals surface area contributed by atoms with E-state index in [1.807, 2.05) is 0 Å². The Hall–Kier alpha value is -1.68. The van der Waals surface area contributed by atoms with Crippen LogP contribution in [0.2, 0.25) is 0 Å². The van der Waals surface area contributed by atoms with Crippen LogP contribution in [0.5, 0.6) is 11.5 Å². The van der Waals surface area contributed by atoms with Gasteiger partial charge < -0.3 is 9.47 Å². The molecule has 0 atom stereocenters. The maximum Gasteiger partial charge on any atom is 0.387 e. The molecule has 0 heterocycles. The van der Waals surface area contributed by atoms with Gasteiger partial charge in [0, 0.05) is 22.8 Å². The lowest BCUT2D eigenvalue weighted by atomic mass is 10.3. The predicted octanol–water partition coefficient (Wildman–Crippen LogP) is 2.13. The van der Waals surface area contributed by atoms with Gasteiger partial charge in [-0.15, -0.1) is 0 Å². The van der Waals surface area contributed by atoms with E-state index in [0.29, 0.717) is 12.1 Å².